The lowest BCUT2D eigenvalue weighted by atomic mass is 9.53. The standard InChI is InChI=1S/C21H36O4/c1-11-7-15(8-12(2)17(11)19(22)23)21(5,6)16-9-13(3)18(20(24)25)14(4)10-16/h11-18H,7-10H2,1-6H3,(H,22,23)(H,24,25). The third-order valence-corrected chi connectivity index (χ3v) is 7.75. The van der Waals surface area contributed by atoms with E-state index in [4.69, 9.17) is 0 Å². The highest BCUT2D eigenvalue weighted by molar-refractivity contribution is 5.71. The van der Waals surface area contributed by atoms with Gasteiger partial charge in [-0.3, -0.25) is 9.59 Å². The van der Waals surface area contributed by atoms with Crippen LogP contribution in [-0.4, -0.2) is 22.2 Å². The summed E-state index contributed by atoms with van der Waals surface area (Å²) in [6, 6.07) is 0. The molecule has 144 valence electrons. The molecule has 0 aromatic carbocycles. The molecule has 2 aliphatic carbocycles. The molecule has 0 aliphatic heterocycles. The minimum atomic E-state index is -0.652. The molecule has 25 heavy (non-hydrogen) atoms. The van der Waals surface area contributed by atoms with Gasteiger partial charge in [0.1, 0.15) is 0 Å². The number of carboxylic acids is 2. The second-order valence-corrected chi connectivity index (χ2v) is 9.80. The molecule has 0 amide bonds. The maximum Gasteiger partial charge on any atom is 0.307 e. The summed E-state index contributed by atoms with van der Waals surface area (Å²) in [4.78, 5) is 23.1. The summed E-state index contributed by atoms with van der Waals surface area (Å²) in [6.45, 7) is 13.0. The van der Waals surface area contributed by atoms with E-state index < -0.39 is 11.9 Å². The summed E-state index contributed by atoms with van der Waals surface area (Å²) in [7, 11) is 0. The van der Waals surface area contributed by atoms with Crippen LogP contribution in [0, 0.1) is 52.8 Å². The van der Waals surface area contributed by atoms with Crippen LogP contribution in [0.3, 0.4) is 0 Å². The number of carbonyl (C=O) groups is 2. The van der Waals surface area contributed by atoms with Gasteiger partial charge in [0, 0.05) is 0 Å². The molecular weight excluding hydrogens is 316 g/mol. The number of hydrogen-bond donors (Lipinski definition) is 2. The van der Waals surface area contributed by atoms with Crippen LogP contribution in [0.5, 0.6) is 0 Å². The predicted molar refractivity (Wildman–Crippen MR) is 98.1 cm³/mol. The molecule has 2 fully saturated rings. The SMILES string of the molecule is CC1CC(C(C)(C)C2CC(C)C(C(=O)O)C(C)C2)CC(C)C1C(=O)O. The van der Waals surface area contributed by atoms with E-state index in [-0.39, 0.29) is 40.9 Å². The highest BCUT2D eigenvalue weighted by Gasteiger charge is 2.48. The van der Waals surface area contributed by atoms with Crippen molar-refractivity contribution in [2.24, 2.45) is 52.8 Å². The van der Waals surface area contributed by atoms with Crippen LogP contribution in [0.2, 0.25) is 0 Å². The average Bonchev–Trinajstić information content (AvgIpc) is 2.44. The van der Waals surface area contributed by atoms with Crippen molar-refractivity contribution >= 4 is 11.9 Å². The van der Waals surface area contributed by atoms with Crippen molar-refractivity contribution in [3.63, 3.8) is 0 Å². The second-order valence-electron chi connectivity index (χ2n) is 9.80. The van der Waals surface area contributed by atoms with Gasteiger partial charge in [-0.25, -0.2) is 0 Å². The maximum atomic E-state index is 11.6. The Morgan fingerprint density at radius 1 is 0.680 bits per heavy atom. The third-order valence-electron chi connectivity index (χ3n) is 7.75. The average molecular weight is 353 g/mol. The third kappa shape index (κ3) is 3.88. The first-order valence-corrected chi connectivity index (χ1v) is 9.92. The Hall–Kier alpha value is -1.06. The molecule has 0 aromatic rings. The quantitative estimate of drug-likeness (QED) is 0.763. The van der Waals surface area contributed by atoms with Crippen LogP contribution in [0.25, 0.3) is 0 Å². The molecule has 4 heteroatoms. The summed E-state index contributed by atoms with van der Waals surface area (Å²) in [5.41, 5.74) is 0.123. The number of aliphatic carboxylic acids is 2. The molecule has 0 radical (unpaired) electrons. The summed E-state index contributed by atoms with van der Waals surface area (Å²) < 4.78 is 0. The fourth-order valence-electron chi connectivity index (χ4n) is 6.22. The van der Waals surface area contributed by atoms with Crippen LogP contribution in [-0.2, 0) is 9.59 Å². The Morgan fingerprint density at radius 3 is 1.12 bits per heavy atom. The van der Waals surface area contributed by atoms with Crippen LogP contribution < -0.4 is 0 Å². The van der Waals surface area contributed by atoms with Gasteiger partial charge in [-0.15, -0.1) is 0 Å². The molecule has 0 heterocycles. The van der Waals surface area contributed by atoms with Gasteiger partial charge >= 0.3 is 11.9 Å². The van der Waals surface area contributed by atoms with Gasteiger partial charge < -0.3 is 10.2 Å². The molecule has 0 saturated heterocycles. The lowest BCUT2D eigenvalue weighted by molar-refractivity contribution is -0.150. The topological polar surface area (TPSA) is 74.6 Å². The van der Waals surface area contributed by atoms with E-state index in [1.165, 1.54) is 0 Å². The number of rotatable bonds is 4. The van der Waals surface area contributed by atoms with Crippen molar-refractivity contribution in [2.75, 3.05) is 0 Å². The molecule has 2 saturated carbocycles. The van der Waals surface area contributed by atoms with E-state index in [1.807, 2.05) is 0 Å². The molecular formula is C21H36O4. The number of hydrogen-bond acceptors (Lipinski definition) is 2. The van der Waals surface area contributed by atoms with Gasteiger partial charge in [0.25, 0.3) is 0 Å². The lowest BCUT2D eigenvalue weighted by Crippen LogP contribution is -2.46. The van der Waals surface area contributed by atoms with E-state index in [2.05, 4.69) is 41.5 Å². The van der Waals surface area contributed by atoms with Crippen molar-refractivity contribution in [2.45, 2.75) is 67.2 Å². The fourth-order valence-corrected chi connectivity index (χ4v) is 6.22. The first-order valence-electron chi connectivity index (χ1n) is 9.92. The van der Waals surface area contributed by atoms with E-state index in [1.54, 1.807) is 0 Å². The van der Waals surface area contributed by atoms with Gasteiger partial charge in [0.15, 0.2) is 0 Å². The molecule has 0 aromatic heterocycles. The van der Waals surface area contributed by atoms with Gasteiger partial charge in [-0.05, 0) is 66.6 Å². The summed E-state index contributed by atoms with van der Waals surface area (Å²) >= 11 is 0. The summed E-state index contributed by atoms with van der Waals surface area (Å²) in [5.74, 6) is 0.0805. The molecule has 4 atom stereocenters. The van der Waals surface area contributed by atoms with E-state index in [0.29, 0.717) is 11.8 Å². The van der Waals surface area contributed by atoms with E-state index in [9.17, 15) is 19.8 Å². The van der Waals surface area contributed by atoms with Crippen LogP contribution in [0.4, 0.5) is 0 Å². The smallest absolute Gasteiger partial charge is 0.307 e. The molecule has 4 unspecified atom stereocenters. The predicted octanol–water partition coefficient (Wildman–Crippen LogP) is 4.78. The largest absolute Gasteiger partial charge is 0.481 e. The Labute approximate surface area is 152 Å². The Kier molecular flexibility index (Phi) is 5.90. The normalized spacial score (nSPS) is 42.8. The molecule has 2 rings (SSSR count). The first kappa shape index (κ1) is 20.3. The van der Waals surface area contributed by atoms with Crippen LogP contribution in [0.1, 0.15) is 67.2 Å². The van der Waals surface area contributed by atoms with Crippen molar-refractivity contribution in [1.82, 2.24) is 0 Å². The molecule has 2 aliphatic rings. The Balaban J connectivity index is 2.14. The Bertz CT molecular complexity index is 444. The van der Waals surface area contributed by atoms with Crippen LogP contribution >= 0.6 is 0 Å². The van der Waals surface area contributed by atoms with Crippen molar-refractivity contribution in [3.05, 3.63) is 0 Å². The lowest BCUT2D eigenvalue weighted by Gasteiger charge is -2.51. The van der Waals surface area contributed by atoms with Crippen molar-refractivity contribution in [1.29, 1.82) is 0 Å². The van der Waals surface area contributed by atoms with Crippen molar-refractivity contribution < 1.29 is 19.8 Å². The summed E-state index contributed by atoms with van der Waals surface area (Å²) in [5, 5.41) is 19.0. The molecule has 2 N–H and O–H groups in total. The van der Waals surface area contributed by atoms with Gasteiger partial charge in [0.05, 0.1) is 11.8 Å². The zero-order valence-corrected chi connectivity index (χ0v) is 16.7. The van der Waals surface area contributed by atoms with Crippen molar-refractivity contribution in [3.8, 4) is 0 Å². The molecule has 0 spiro atoms. The monoisotopic (exact) mass is 352 g/mol. The van der Waals surface area contributed by atoms with Crippen LogP contribution in [0.15, 0.2) is 0 Å². The Morgan fingerprint density at radius 2 is 0.920 bits per heavy atom. The minimum Gasteiger partial charge on any atom is -0.481 e. The fraction of sp³-hybridized carbons (Fsp3) is 0.905. The summed E-state index contributed by atoms with van der Waals surface area (Å²) in [6.07, 6.45) is 3.87. The second kappa shape index (κ2) is 7.28. The zero-order chi connectivity index (χ0) is 19.1. The minimum absolute atomic E-state index is 0.123. The highest BCUT2D eigenvalue weighted by atomic mass is 16.4. The van der Waals surface area contributed by atoms with E-state index in [0.717, 1.165) is 25.7 Å². The van der Waals surface area contributed by atoms with Gasteiger partial charge in [-0.2, -0.15) is 0 Å². The maximum absolute atomic E-state index is 11.6. The highest BCUT2D eigenvalue weighted by Crippen LogP contribution is 2.54. The molecule has 0 bridgehead atoms. The van der Waals surface area contributed by atoms with E-state index >= 15 is 0 Å². The van der Waals surface area contributed by atoms with Gasteiger partial charge in [0.2, 0.25) is 0 Å². The molecule has 4 nitrogen and oxygen atoms in total. The number of carboxylic acid groups (broad SMARTS) is 2. The van der Waals surface area contributed by atoms with Gasteiger partial charge in [-0.1, -0.05) is 41.5 Å². The zero-order valence-electron chi connectivity index (χ0n) is 16.7. The first-order chi connectivity index (χ1) is 11.5.